The van der Waals surface area contributed by atoms with Gasteiger partial charge in [-0.25, -0.2) is 0 Å². The third-order valence-corrected chi connectivity index (χ3v) is 3.26. The number of hydrogen-bond acceptors (Lipinski definition) is 2. The first-order chi connectivity index (χ1) is 7.27. The van der Waals surface area contributed by atoms with Crippen LogP contribution in [-0.2, 0) is 9.47 Å². The lowest BCUT2D eigenvalue weighted by Crippen LogP contribution is -2.10. The summed E-state index contributed by atoms with van der Waals surface area (Å²) in [5.41, 5.74) is 1.20. The number of ether oxygens (including phenoxy) is 2. The molecule has 0 aliphatic carbocycles. The monoisotopic (exact) mass is 384 g/mol. The zero-order valence-electron chi connectivity index (χ0n) is 8.58. The molecule has 0 aromatic heterocycles. The average Bonchev–Trinajstić information content (AvgIpc) is 2.24. The van der Waals surface area contributed by atoms with Gasteiger partial charge in [-0.1, -0.05) is 50.7 Å². The first kappa shape index (κ1) is 13.4. The number of halogens is 2. The number of benzene rings is 1. The summed E-state index contributed by atoms with van der Waals surface area (Å²) in [5.74, 6) is 0. The van der Waals surface area contributed by atoms with E-state index in [4.69, 9.17) is 9.47 Å². The van der Waals surface area contributed by atoms with Gasteiger partial charge in [-0.2, -0.15) is 0 Å². The van der Waals surface area contributed by atoms with Gasteiger partial charge in [0.25, 0.3) is 0 Å². The van der Waals surface area contributed by atoms with Gasteiger partial charge < -0.3 is 9.47 Å². The molecule has 1 rings (SSSR count). The molecule has 1 atom stereocenters. The zero-order chi connectivity index (χ0) is 11.1. The number of methoxy groups -OCH3 is 1. The van der Waals surface area contributed by atoms with E-state index in [9.17, 15) is 0 Å². The van der Waals surface area contributed by atoms with Crippen LogP contribution in [0.1, 0.15) is 11.7 Å². The highest BCUT2D eigenvalue weighted by atomic mass is 127. The van der Waals surface area contributed by atoms with E-state index < -0.39 is 0 Å². The van der Waals surface area contributed by atoms with Crippen molar-refractivity contribution in [1.82, 2.24) is 0 Å². The van der Waals surface area contributed by atoms with Crippen molar-refractivity contribution in [3.8, 4) is 0 Å². The number of hydrogen-bond donors (Lipinski definition) is 0. The molecule has 0 saturated carbocycles. The Morgan fingerprint density at radius 3 is 2.80 bits per heavy atom. The molecule has 1 aromatic carbocycles. The summed E-state index contributed by atoms with van der Waals surface area (Å²) in [4.78, 5) is 0. The second-order valence-electron chi connectivity index (χ2n) is 3.06. The molecular formula is C11H14BrIO2. The van der Waals surface area contributed by atoms with Gasteiger partial charge in [0.05, 0.1) is 19.3 Å². The van der Waals surface area contributed by atoms with Crippen LogP contribution in [-0.4, -0.2) is 24.8 Å². The second kappa shape index (κ2) is 7.60. The van der Waals surface area contributed by atoms with Crippen LogP contribution >= 0.6 is 38.5 Å². The molecule has 0 bridgehead atoms. The molecule has 0 radical (unpaired) electrons. The Morgan fingerprint density at radius 2 is 2.20 bits per heavy atom. The lowest BCUT2D eigenvalue weighted by molar-refractivity contribution is 0.0292. The Morgan fingerprint density at radius 1 is 1.40 bits per heavy atom. The van der Waals surface area contributed by atoms with E-state index in [-0.39, 0.29) is 6.10 Å². The summed E-state index contributed by atoms with van der Waals surface area (Å²) >= 11 is 5.79. The third-order valence-electron chi connectivity index (χ3n) is 1.97. The highest BCUT2D eigenvalue weighted by Crippen LogP contribution is 2.22. The quantitative estimate of drug-likeness (QED) is 0.424. The van der Waals surface area contributed by atoms with Crippen molar-refractivity contribution in [2.75, 3.05) is 24.8 Å². The van der Waals surface area contributed by atoms with Crippen LogP contribution in [0.25, 0.3) is 0 Å². The molecule has 0 heterocycles. The summed E-state index contributed by atoms with van der Waals surface area (Å²) in [6, 6.07) is 8.22. The Hall–Kier alpha value is 0.350. The zero-order valence-corrected chi connectivity index (χ0v) is 12.3. The molecular weight excluding hydrogens is 371 g/mol. The Bertz CT molecular complexity index is 294. The van der Waals surface area contributed by atoms with E-state index in [1.807, 2.05) is 12.1 Å². The average molecular weight is 385 g/mol. The van der Waals surface area contributed by atoms with Crippen LogP contribution in [0.4, 0.5) is 0 Å². The summed E-state index contributed by atoms with van der Waals surface area (Å²) in [7, 11) is 1.68. The van der Waals surface area contributed by atoms with Gasteiger partial charge in [0.2, 0.25) is 0 Å². The summed E-state index contributed by atoms with van der Waals surface area (Å²) in [6.07, 6.45) is 0.151. The lowest BCUT2D eigenvalue weighted by Gasteiger charge is -2.15. The van der Waals surface area contributed by atoms with Crippen molar-refractivity contribution in [3.63, 3.8) is 0 Å². The maximum atomic E-state index is 5.72. The molecule has 2 nitrogen and oxygen atoms in total. The number of rotatable bonds is 6. The molecule has 0 spiro atoms. The van der Waals surface area contributed by atoms with E-state index in [0.717, 1.165) is 8.90 Å². The maximum absolute atomic E-state index is 5.72. The van der Waals surface area contributed by atoms with Gasteiger partial charge in [0.15, 0.2) is 0 Å². The molecule has 84 valence electrons. The first-order valence-electron chi connectivity index (χ1n) is 4.70. The molecule has 0 amide bonds. The smallest absolute Gasteiger partial charge is 0.0915 e. The third kappa shape index (κ3) is 4.80. The Kier molecular flexibility index (Phi) is 6.79. The predicted octanol–water partition coefficient (Wildman–Crippen LogP) is 3.59. The molecule has 0 aliphatic heterocycles. The van der Waals surface area contributed by atoms with Crippen LogP contribution in [0.2, 0.25) is 0 Å². The van der Waals surface area contributed by atoms with Gasteiger partial charge in [0, 0.05) is 16.0 Å². The SMILES string of the molecule is COCCOC(CI)c1cccc(Br)c1. The molecule has 0 N–H and O–H groups in total. The van der Waals surface area contributed by atoms with Crippen LogP contribution < -0.4 is 0 Å². The predicted molar refractivity (Wildman–Crippen MR) is 73.6 cm³/mol. The van der Waals surface area contributed by atoms with E-state index in [0.29, 0.717) is 13.2 Å². The van der Waals surface area contributed by atoms with Gasteiger partial charge >= 0.3 is 0 Å². The van der Waals surface area contributed by atoms with E-state index in [1.54, 1.807) is 7.11 Å². The van der Waals surface area contributed by atoms with Crippen molar-refractivity contribution in [3.05, 3.63) is 34.3 Å². The van der Waals surface area contributed by atoms with Crippen molar-refractivity contribution in [1.29, 1.82) is 0 Å². The highest BCUT2D eigenvalue weighted by Gasteiger charge is 2.10. The summed E-state index contributed by atoms with van der Waals surface area (Å²) in [6.45, 7) is 1.28. The minimum Gasteiger partial charge on any atom is -0.382 e. The van der Waals surface area contributed by atoms with Crippen molar-refractivity contribution in [2.45, 2.75) is 6.10 Å². The first-order valence-corrected chi connectivity index (χ1v) is 7.01. The minimum absolute atomic E-state index is 0.151. The largest absolute Gasteiger partial charge is 0.382 e. The number of alkyl halides is 1. The molecule has 0 saturated heterocycles. The fraction of sp³-hybridized carbons (Fsp3) is 0.455. The fourth-order valence-electron chi connectivity index (χ4n) is 1.21. The Balaban J connectivity index is 2.57. The van der Waals surface area contributed by atoms with Gasteiger partial charge in [0.1, 0.15) is 0 Å². The Labute approximate surface area is 113 Å². The van der Waals surface area contributed by atoms with E-state index in [1.165, 1.54) is 5.56 Å². The minimum atomic E-state index is 0.151. The van der Waals surface area contributed by atoms with Crippen LogP contribution in [0.5, 0.6) is 0 Å². The topological polar surface area (TPSA) is 18.5 Å². The van der Waals surface area contributed by atoms with Crippen LogP contribution in [0, 0.1) is 0 Å². The van der Waals surface area contributed by atoms with Crippen LogP contribution in [0.3, 0.4) is 0 Å². The normalized spacial score (nSPS) is 12.7. The van der Waals surface area contributed by atoms with Gasteiger partial charge in [-0.3, -0.25) is 0 Å². The molecule has 1 unspecified atom stereocenters. The molecule has 4 heteroatoms. The maximum Gasteiger partial charge on any atom is 0.0915 e. The highest BCUT2D eigenvalue weighted by molar-refractivity contribution is 14.1. The standard InChI is InChI=1S/C11H14BrIO2/c1-14-5-6-15-11(8-13)9-3-2-4-10(12)7-9/h2-4,7,11H,5-6,8H2,1H3. The van der Waals surface area contributed by atoms with Crippen molar-refractivity contribution < 1.29 is 9.47 Å². The molecule has 15 heavy (non-hydrogen) atoms. The second-order valence-corrected chi connectivity index (χ2v) is 4.86. The van der Waals surface area contributed by atoms with E-state index >= 15 is 0 Å². The van der Waals surface area contributed by atoms with Crippen molar-refractivity contribution >= 4 is 38.5 Å². The van der Waals surface area contributed by atoms with E-state index in [2.05, 4.69) is 50.7 Å². The van der Waals surface area contributed by atoms with Crippen LogP contribution in [0.15, 0.2) is 28.7 Å². The van der Waals surface area contributed by atoms with Crippen molar-refractivity contribution in [2.24, 2.45) is 0 Å². The fourth-order valence-corrected chi connectivity index (χ4v) is 2.39. The van der Waals surface area contributed by atoms with Gasteiger partial charge in [-0.15, -0.1) is 0 Å². The molecule has 0 fully saturated rings. The lowest BCUT2D eigenvalue weighted by atomic mass is 10.1. The van der Waals surface area contributed by atoms with Gasteiger partial charge in [-0.05, 0) is 17.7 Å². The molecule has 0 aliphatic rings. The summed E-state index contributed by atoms with van der Waals surface area (Å²) < 4.78 is 12.7. The molecule has 1 aromatic rings. The summed E-state index contributed by atoms with van der Waals surface area (Å²) in [5, 5.41) is 0.